The average Bonchev–Trinajstić information content (AvgIpc) is 2.14. The van der Waals surface area contributed by atoms with Crippen LogP contribution in [0.2, 0.25) is 0 Å². The van der Waals surface area contributed by atoms with E-state index in [1.165, 1.54) is 6.33 Å². The van der Waals surface area contributed by atoms with Crippen LogP contribution in [0.4, 0.5) is 11.6 Å². The highest BCUT2D eigenvalue weighted by molar-refractivity contribution is 5.44. The molecule has 0 aliphatic carbocycles. The van der Waals surface area contributed by atoms with E-state index in [4.69, 9.17) is 10.8 Å². The number of aliphatic hydroxyl groups excluding tert-OH is 1. The molecule has 5 nitrogen and oxygen atoms in total. The van der Waals surface area contributed by atoms with Gasteiger partial charge in [0.05, 0.1) is 6.10 Å². The number of nitrogens with two attached hydrogens (primary N) is 1. The van der Waals surface area contributed by atoms with Gasteiger partial charge in [-0.15, -0.1) is 0 Å². The van der Waals surface area contributed by atoms with Crippen LogP contribution in [0.25, 0.3) is 0 Å². The van der Waals surface area contributed by atoms with Gasteiger partial charge < -0.3 is 15.7 Å². The molecule has 78 valence electrons. The van der Waals surface area contributed by atoms with E-state index in [1.54, 1.807) is 13.0 Å². The molecule has 0 aliphatic rings. The van der Waals surface area contributed by atoms with Crippen molar-refractivity contribution in [2.24, 2.45) is 0 Å². The summed E-state index contributed by atoms with van der Waals surface area (Å²) in [5.41, 5.74) is 5.53. The second-order valence-corrected chi connectivity index (χ2v) is 3.36. The lowest BCUT2D eigenvalue weighted by atomic mass is 10.3. The first kappa shape index (κ1) is 10.7. The van der Waals surface area contributed by atoms with Crippen LogP contribution in [-0.2, 0) is 0 Å². The van der Waals surface area contributed by atoms with Gasteiger partial charge in [0.15, 0.2) is 0 Å². The number of nitrogens with zero attached hydrogens (tertiary/aromatic N) is 3. The Balaban J connectivity index is 2.56. The summed E-state index contributed by atoms with van der Waals surface area (Å²) in [5, 5.41) is 9.12. The van der Waals surface area contributed by atoms with Gasteiger partial charge in [-0.3, -0.25) is 0 Å². The summed E-state index contributed by atoms with van der Waals surface area (Å²) in [7, 11) is 1.91. The molecule has 14 heavy (non-hydrogen) atoms. The minimum absolute atomic E-state index is 0.295. The molecule has 1 unspecified atom stereocenters. The van der Waals surface area contributed by atoms with E-state index in [0.29, 0.717) is 12.2 Å². The Morgan fingerprint density at radius 2 is 2.29 bits per heavy atom. The minimum Gasteiger partial charge on any atom is -0.393 e. The summed E-state index contributed by atoms with van der Waals surface area (Å²) >= 11 is 0. The average molecular weight is 196 g/mol. The van der Waals surface area contributed by atoms with Gasteiger partial charge in [0.25, 0.3) is 0 Å². The Kier molecular flexibility index (Phi) is 3.64. The molecule has 1 heterocycles. The van der Waals surface area contributed by atoms with Crippen molar-refractivity contribution in [3.63, 3.8) is 0 Å². The molecule has 1 aromatic heterocycles. The number of anilines is 2. The van der Waals surface area contributed by atoms with Crippen LogP contribution in [0.15, 0.2) is 12.4 Å². The summed E-state index contributed by atoms with van der Waals surface area (Å²) < 4.78 is 0. The molecule has 0 aromatic carbocycles. The third-order valence-electron chi connectivity index (χ3n) is 1.95. The van der Waals surface area contributed by atoms with Gasteiger partial charge in [-0.25, -0.2) is 9.97 Å². The Bertz CT molecular complexity index is 290. The van der Waals surface area contributed by atoms with Gasteiger partial charge in [-0.1, -0.05) is 0 Å². The van der Waals surface area contributed by atoms with Crippen LogP contribution in [-0.4, -0.2) is 34.8 Å². The third kappa shape index (κ3) is 3.18. The normalized spacial score (nSPS) is 12.5. The molecular weight excluding hydrogens is 180 g/mol. The highest BCUT2D eigenvalue weighted by atomic mass is 16.3. The van der Waals surface area contributed by atoms with Crippen LogP contribution in [0.5, 0.6) is 0 Å². The Morgan fingerprint density at radius 1 is 1.57 bits per heavy atom. The predicted molar refractivity (Wildman–Crippen MR) is 56.0 cm³/mol. The fourth-order valence-corrected chi connectivity index (χ4v) is 1.07. The molecule has 0 radical (unpaired) electrons. The van der Waals surface area contributed by atoms with Crippen molar-refractivity contribution in [3.8, 4) is 0 Å². The summed E-state index contributed by atoms with van der Waals surface area (Å²) in [4.78, 5) is 9.81. The van der Waals surface area contributed by atoms with Crippen LogP contribution < -0.4 is 10.6 Å². The van der Waals surface area contributed by atoms with E-state index in [0.717, 1.165) is 12.4 Å². The van der Waals surface area contributed by atoms with Crippen molar-refractivity contribution >= 4 is 11.6 Å². The third-order valence-corrected chi connectivity index (χ3v) is 1.95. The molecule has 1 aromatic rings. The maximum absolute atomic E-state index is 9.12. The lowest BCUT2D eigenvalue weighted by Crippen LogP contribution is -2.22. The van der Waals surface area contributed by atoms with Crippen molar-refractivity contribution in [3.05, 3.63) is 12.4 Å². The van der Waals surface area contributed by atoms with Crippen molar-refractivity contribution in [1.29, 1.82) is 0 Å². The molecule has 1 atom stereocenters. The molecule has 0 aliphatic heterocycles. The van der Waals surface area contributed by atoms with Crippen molar-refractivity contribution < 1.29 is 5.11 Å². The van der Waals surface area contributed by atoms with Gasteiger partial charge in [-0.2, -0.15) is 0 Å². The maximum Gasteiger partial charge on any atom is 0.133 e. The summed E-state index contributed by atoms with van der Waals surface area (Å²) in [5.74, 6) is 1.23. The number of aromatic nitrogens is 2. The van der Waals surface area contributed by atoms with Gasteiger partial charge in [0, 0.05) is 19.7 Å². The van der Waals surface area contributed by atoms with Crippen LogP contribution in [0, 0.1) is 0 Å². The first-order valence-electron chi connectivity index (χ1n) is 4.56. The molecular formula is C9H16N4O. The monoisotopic (exact) mass is 196 g/mol. The number of hydrogen-bond acceptors (Lipinski definition) is 5. The molecule has 0 spiro atoms. The second-order valence-electron chi connectivity index (χ2n) is 3.36. The highest BCUT2D eigenvalue weighted by Gasteiger charge is 2.04. The van der Waals surface area contributed by atoms with Crippen LogP contribution >= 0.6 is 0 Å². The summed E-state index contributed by atoms with van der Waals surface area (Å²) in [6.45, 7) is 2.51. The largest absolute Gasteiger partial charge is 0.393 e. The molecule has 0 fully saturated rings. The van der Waals surface area contributed by atoms with Crippen LogP contribution in [0.3, 0.4) is 0 Å². The SMILES string of the molecule is CC(O)CCN(C)c1cc(N)ncn1. The zero-order chi connectivity index (χ0) is 10.6. The van der Waals surface area contributed by atoms with Crippen LogP contribution in [0.1, 0.15) is 13.3 Å². The maximum atomic E-state index is 9.12. The lowest BCUT2D eigenvalue weighted by molar-refractivity contribution is 0.187. The Hall–Kier alpha value is -1.36. The summed E-state index contributed by atoms with van der Waals surface area (Å²) in [6.07, 6.45) is 1.85. The lowest BCUT2D eigenvalue weighted by Gasteiger charge is -2.18. The van der Waals surface area contributed by atoms with Crippen molar-refractivity contribution in [1.82, 2.24) is 9.97 Å². The molecule has 5 heteroatoms. The zero-order valence-corrected chi connectivity index (χ0v) is 8.51. The Morgan fingerprint density at radius 3 is 2.86 bits per heavy atom. The number of aliphatic hydroxyl groups is 1. The quantitative estimate of drug-likeness (QED) is 0.722. The van der Waals surface area contributed by atoms with E-state index in [2.05, 4.69) is 9.97 Å². The smallest absolute Gasteiger partial charge is 0.133 e. The molecule has 0 amide bonds. The Labute approximate surface area is 83.6 Å². The van der Waals surface area contributed by atoms with E-state index in [1.807, 2.05) is 11.9 Å². The van der Waals surface area contributed by atoms with Gasteiger partial charge >= 0.3 is 0 Å². The van der Waals surface area contributed by atoms with Gasteiger partial charge in [0.2, 0.25) is 0 Å². The zero-order valence-electron chi connectivity index (χ0n) is 8.51. The summed E-state index contributed by atoms with van der Waals surface area (Å²) in [6, 6.07) is 1.71. The molecule has 0 saturated heterocycles. The standard InChI is InChI=1S/C9H16N4O/c1-7(14)3-4-13(2)9-5-8(10)11-6-12-9/h5-7,14H,3-4H2,1-2H3,(H2,10,11,12). The second kappa shape index (κ2) is 4.76. The molecule has 3 N–H and O–H groups in total. The van der Waals surface area contributed by atoms with Crippen molar-refractivity contribution in [2.45, 2.75) is 19.4 Å². The predicted octanol–water partition coefficient (Wildman–Crippen LogP) is 0.266. The number of rotatable bonds is 4. The van der Waals surface area contributed by atoms with E-state index < -0.39 is 0 Å². The molecule has 0 saturated carbocycles. The van der Waals surface area contributed by atoms with E-state index in [9.17, 15) is 0 Å². The first-order valence-corrected chi connectivity index (χ1v) is 4.56. The minimum atomic E-state index is -0.295. The molecule has 1 rings (SSSR count). The highest BCUT2D eigenvalue weighted by Crippen LogP contribution is 2.10. The number of hydrogen-bond donors (Lipinski definition) is 2. The first-order chi connectivity index (χ1) is 6.59. The van der Waals surface area contributed by atoms with Gasteiger partial charge in [-0.05, 0) is 13.3 Å². The fraction of sp³-hybridized carbons (Fsp3) is 0.556. The fourth-order valence-electron chi connectivity index (χ4n) is 1.07. The van der Waals surface area contributed by atoms with Crippen molar-refractivity contribution in [2.75, 3.05) is 24.2 Å². The number of nitrogen functional groups attached to an aromatic ring is 1. The topological polar surface area (TPSA) is 75.3 Å². The van der Waals surface area contributed by atoms with E-state index in [-0.39, 0.29) is 6.10 Å². The van der Waals surface area contributed by atoms with Gasteiger partial charge in [0.1, 0.15) is 18.0 Å². The van der Waals surface area contributed by atoms with E-state index >= 15 is 0 Å². The molecule has 0 bridgehead atoms.